The summed E-state index contributed by atoms with van der Waals surface area (Å²) in [5, 5.41) is 11.3. The Kier molecular flexibility index (Phi) is 4.67. The highest BCUT2D eigenvalue weighted by Crippen LogP contribution is 2.34. The fraction of sp³-hybridized carbons (Fsp3) is 0.150. The summed E-state index contributed by atoms with van der Waals surface area (Å²) in [7, 11) is 4.83. The van der Waals surface area contributed by atoms with E-state index in [9.17, 15) is 0 Å². The summed E-state index contributed by atoms with van der Waals surface area (Å²) >= 11 is 0. The van der Waals surface area contributed by atoms with Crippen molar-refractivity contribution in [3.05, 3.63) is 48.5 Å². The fourth-order valence-electron chi connectivity index (χ4n) is 2.77. The van der Waals surface area contributed by atoms with Gasteiger partial charge in [0, 0.05) is 17.2 Å². The van der Waals surface area contributed by atoms with Crippen molar-refractivity contribution in [1.29, 1.82) is 0 Å². The number of nitrogens with one attached hydrogen (secondary N) is 1. The van der Waals surface area contributed by atoms with Crippen LogP contribution in [0.3, 0.4) is 0 Å². The number of ether oxygens (including phenoxy) is 3. The van der Waals surface area contributed by atoms with Gasteiger partial charge < -0.3 is 18.7 Å². The molecule has 0 saturated carbocycles. The molecule has 4 rings (SSSR count). The molecule has 0 spiro atoms. The monoisotopic (exact) mass is 378 g/mol. The highest BCUT2D eigenvalue weighted by molar-refractivity contribution is 5.71. The minimum Gasteiger partial charge on any atom is -0.497 e. The second-order valence-electron chi connectivity index (χ2n) is 5.88. The van der Waals surface area contributed by atoms with Gasteiger partial charge in [0.2, 0.25) is 5.82 Å². The number of aromatic amines is 1. The fourth-order valence-corrected chi connectivity index (χ4v) is 2.77. The summed E-state index contributed by atoms with van der Waals surface area (Å²) in [5.41, 5.74) is 2.95. The van der Waals surface area contributed by atoms with E-state index in [1.54, 1.807) is 27.4 Å². The Morgan fingerprint density at radius 3 is 2.32 bits per heavy atom. The highest BCUT2D eigenvalue weighted by Gasteiger charge is 2.16. The van der Waals surface area contributed by atoms with Gasteiger partial charge in [-0.3, -0.25) is 5.10 Å². The molecule has 0 aliphatic rings. The van der Waals surface area contributed by atoms with Crippen LogP contribution < -0.4 is 14.2 Å². The predicted octanol–water partition coefficient (Wildman–Crippen LogP) is 3.82. The van der Waals surface area contributed by atoms with Gasteiger partial charge in [0.1, 0.15) is 22.9 Å². The van der Waals surface area contributed by atoms with Gasteiger partial charge in [-0.05, 0) is 42.5 Å². The Bertz CT molecular complexity index is 1090. The Labute approximate surface area is 161 Å². The van der Waals surface area contributed by atoms with E-state index in [-0.39, 0.29) is 0 Å². The van der Waals surface area contributed by atoms with Crippen LogP contribution in [0.4, 0.5) is 0 Å². The molecule has 0 saturated heterocycles. The van der Waals surface area contributed by atoms with Crippen LogP contribution in [0.1, 0.15) is 0 Å². The zero-order chi connectivity index (χ0) is 19.5. The largest absolute Gasteiger partial charge is 0.497 e. The SMILES string of the molecule is COc1ccc(-c2noc(-c3cc(-c4ccc(OC)cc4OC)n[nH]3)n2)cc1. The third-order valence-corrected chi connectivity index (χ3v) is 4.27. The number of hydrogen-bond acceptors (Lipinski definition) is 7. The smallest absolute Gasteiger partial charge is 0.276 e. The van der Waals surface area contributed by atoms with Crippen molar-refractivity contribution in [2.45, 2.75) is 0 Å². The molecule has 0 bridgehead atoms. The first kappa shape index (κ1) is 17.6. The van der Waals surface area contributed by atoms with Crippen molar-refractivity contribution in [2.24, 2.45) is 0 Å². The third kappa shape index (κ3) is 3.27. The molecule has 0 unspecified atom stereocenters. The van der Waals surface area contributed by atoms with E-state index in [4.69, 9.17) is 18.7 Å². The summed E-state index contributed by atoms with van der Waals surface area (Å²) in [6.45, 7) is 0. The van der Waals surface area contributed by atoms with Crippen LogP contribution in [0.2, 0.25) is 0 Å². The lowest BCUT2D eigenvalue weighted by atomic mass is 10.1. The first-order valence-corrected chi connectivity index (χ1v) is 8.48. The van der Waals surface area contributed by atoms with E-state index in [0.29, 0.717) is 34.6 Å². The zero-order valence-electron chi connectivity index (χ0n) is 15.6. The van der Waals surface area contributed by atoms with Gasteiger partial charge in [-0.1, -0.05) is 5.16 Å². The van der Waals surface area contributed by atoms with Crippen molar-refractivity contribution in [3.8, 4) is 51.5 Å². The average Bonchev–Trinajstić information content (AvgIpc) is 3.43. The minimum absolute atomic E-state index is 0.344. The van der Waals surface area contributed by atoms with Crippen LogP contribution in [-0.2, 0) is 0 Å². The van der Waals surface area contributed by atoms with E-state index in [1.807, 2.05) is 42.5 Å². The Morgan fingerprint density at radius 1 is 0.857 bits per heavy atom. The molecule has 2 aromatic carbocycles. The van der Waals surface area contributed by atoms with Crippen molar-refractivity contribution in [3.63, 3.8) is 0 Å². The standard InChI is InChI=1S/C20H18N4O4/c1-25-13-6-4-12(5-7-13)19-21-20(28-24-19)17-11-16(22-23-17)15-9-8-14(26-2)10-18(15)27-3/h4-11H,1-3H3,(H,22,23). The molecule has 4 aromatic rings. The van der Waals surface area contributed by atoms with Crippen LogP contribution in [0.25, 0.3) is 34.2 Å². The van der Waals surface area contributed by atoms with E-state index >= 15 is 0 Å². The van der Waals surface area contributed by atoms with E-state index in [2.05, 4.69) is 20.3 Å². The molecule has 1 N–H and O–H groups in total. The van der Waals surface area contributed by atoms with Crippen LogP contribution in [0.15, 0.2) is 53.1 Å². The Hall–Kier alpha value is -3.81. The van der Waals surface area contributed by atoms with E-state index in [1.165, 1.54) is 0 Å². The number of rotatable bonds is 6. The lowest BCUT2D eigenvalue weighted by molar-refractivity contribution is 0.395. The van der Waals surface area contributed by atoms with Crippen LogP contribution >= 0.6 is 0 Å². The summed E-state index contributed by atoms with van der Waals surface area (Å²) in [4.78, 5) is 4.44. The number of H-pyrrole nitrogens is 1. The summed E-state index contributed by atoms with van der Waals surface area (Å²) in [6, 6.07) is 14.8. The molecule has 0 fully saturated rings. The molecule has 0 aliphatic heterocycles. The van der Waals surface area contributed by atoms with Gasteiger partial charge in [-0.25, -0.2) is 0 Å². The van der Waals surface area contributed by atoms with Crippen LogP contribution in [0, 0.1) is 0 Å². The van der Waals surface area contributed by atoms with Crippen molar-refractivity contribution in [2.75, 3.05) is 21.3 Å². The number of benzene rings is 2. The Morgan fingerprint density at radius 2 is 1.61 bits per heavy atom. The maximum absolute atomic E-state index is 5.44. The van der Waals surface area contributed by atoms with Crippen molar-refractivity contribution in [1.82, 2.24) is 20.3 Å². The molecule has 8 nitrogen and oxygen atoms in total. The zero-order valence-corrected chi connectivity index (χ0v) is 15.6. The van der Waals surface area contributed by atoms with Gasteiger partial charge in [0.15, 0.2) is 0 Å². The second-order valence-corrected chi connectivity index (χ2v) is 5.88. The molecule has 0 amide bonds. The first-order valence-electron chi connectivity index (χ1n) is 8.48. The normalized spacial score (nSPS) is 10.7. The van der Waals surface area contributed by atoms with Gasteiger partial charge >= 0.3 is 0 Å². The summed E-state index contributed by atoms with van der Waals surface area (Å²) in [6.07, 6.45) is 0. The number of methoxy groups -OCH3 is 3. The molecular formula is C20H18N4O4. The van der Waals surface area contributed by atoms with Gasteiger partial charge in [-0.2, -0.15) is 10.1 Å². The maximum atomic E-state index is 5.44. The molecule has 8 heteroatoms. The lowest BCUT2D eigenvalue weighted by Crippen LogP contribution is -1.90. The summed E-state index contributed by atoms with van der Waals surface area (Å²) in [5.74, 6) is 2.95. The third-order valence-electron chi connectivity index (χ3n) is 4.27. The van der Waals surface area contributed by atoms with E-state index in [0.717, 1.165) is 16.9 Å². The van der Waals surface area contributed by atoms with E-state index < -0.39 is 0 Å². The molecule has 142 valence electrons. The quantitative estimate of drug-likeness (QED) is 0.545. The van der Waals surface area contributed by atoms with Crippen molar-refractivity contribution >= 4 is 0 Å². The van der Waals surface area contributed by atoms with Gasteiger partial charge in [0.05, 0.1) is 27.0 Å². The average molecular weight is 378 g/mol. The topological polar surface area (TPSA) is 95.3 Å². The number of nitrogens with zero attached hydrogens (tertiary/aromatic N) is 3. The highest BCUT2D eigenvalue weighted by atomic mass is 16.5. The van der Waals surface area contributed by atoms with Gasteiger partial charge in [0.25, 0.3) is 5.89 Å². The van der Waals surface area contributed by atoms with Gasteiger partial charge in [-0.15, -0.1) is 0 Å². The number of hydrogen-bond donors (Lipinski definition) is 1. The molecule has 2 aromatic heterocycles. The Balaban J connectivity index is 1.62. The lowest BCUT2D eigenvalue weighted by Gasteiger charge is -2.08. The molecule has 0 radical (unpaired) electrons. The van der Waals surface area contributed by atoms with Crippen LogP contribution in [-0.4, -0.2) is 41.7 Å². The maximum Gasteiger partial charge on any atom is 0.276 e. The molecular weight excluding hydrogens is 360 g/mol. The number of aromatic nitrogens is 4. The molecule has 2 heterocycles. The molecule has 28 heavy (non-hydrogen) atoms. The van der Waals surface area contributed by atoms with Crippen LogP contribution in [0.5, 0.6) is 17.2 Å². The van der Waals surface area contributed by atoms with Crippen molar-refractivity contribution < 1.29 is 18.7 Å². The predicted molar refractivity (Wildman–Crippen MR) is 102 cm³/mol. The minimum atomic E-state index is 0.344. The molecule has 0 aliphatic carbocycles. The summed E-state index contributed by atoms with van der Waals surface area (Å²) < 4.78 is 21.2. The second kappa shape index (κ2) is 7.43. The molecule has 0 atom stereocenters. The first-order chi connectivity index (χ1) is 13.7.